The van der Waals surface area contributed by atoms with Gasteiger partial charge in [-0.3, -0.25) is 0 Å². The van der Waals surface area contributed by atoms with Crippen molar-refractivity contribution in [1.29, 1.82) is 0 Å². The van der Waals surface area contributed by atoms with Crippen LogP contribution in [-0.4, -0.2) is 19.9 Å². The molecule has 0 saturated heterocycles. The fourth-order valence-electron chi connectivity index (χ4n) is 1.78. The molecule has 0 atom stereocenters. The van der Waals surface area contributed by atoms with Crippen LogP contribution in [0.25, 0.3) is 0 Å². The highest BCUT2D eigenvalue weighted by molar-refractivity contribution is 7.89. The van der Waals surface area contributed by atoms with Crippen molar-refractivity contribution in [1.82, 2.24) is 9.71 Å². The summed E-state index contributed by atoms with van der Waals surface area (Å²) in [6, 6.07) is 5.05. The first-order chi connectivity index (χ1) is 9.00. The van der Waals surface area contributed by atoms with Crippen molar-refractivity contribution in [2.24, 2.45) is 0 Å². The van der Waals surface area contributed by atoms with E-state index in [4.69, 9.17) is 5.73 Å². The highest BCUT2D eigenvalue weighted by Gasteiger charge is 2.19. The Hall–Kier alpha value is -1.44. The molecule has 0 aliphatic carbocycles. The van der Waals surface area contributed by atoms with Crippen LogP contribution in [0.5, 0.6) is 0 Å². The number of thiazole rings is 1. The van der Waals surface area contributed by atoms with Gasteiger partial charge in [0.2, 0.25) is 10.0 Å². The van der Waals surface area contributed by atoms with E-state index in [1.165, 1.54) is 11.3 Å². The summed E-state index contributed by atoms with van der Waals surface area (Å²) in [5.74, 6) is 0. The molecule has 0 fully saturated rings. The fourth-order valence-corrected chi connectivity index (χ4v) is 3.79. The summed E-state index contributed by atoms with van der Waals surface area (Å²) in [5, 5.41) is 2.77. The molecule has 5 nitrogen and oxygen atoms in total. The number of hydrogen-bond acceptors (Lipinski definition) is 5. The van der Waals surface area contributed by atoms with E-state index in [1.807, 2.05) is 5.38 Å². The molecule has 1 heterocycles. The highest BCUT2D eigenvalue weighted by atomic mass is 32.2. The molecule has 102 valence electrons. The number of nitrogens with two attached hydrogens (primary N) is 1. The standard InChI is InChI=1S/C12H15N3O2S2/c1-9-3-2-4-10(13)12(9)19(16,17)15-6-5-11-14-7-8-18-11/h2-4,7-8,15H,5-6,13H2,1H3. The van der Waals surface area contributed by atoms with Gasteiger partial charge in [-0.1, -0.05) is 12.1 Å². The number of hydrogen-bond donors (Lipinski definition) is 2. The van der Waals surface area contributed by atoms with E-state index >= 15 is 0 Å². The van der Waals surface area contributed by atoms with Crippen LogP contribution in [0.4, 0.5) is 5.69 Å². The van der Waals surface area contributed by atoms with E-state index in [-0.39, 0.29) is 10.6 Å². The molecular formula is C12H15N3O2S2. The van der Waals surface area contributed by atoms with Crippen molar-refractivity contribution in [3.8, 4) is 0 Å². The predicted molar refractivity (Wildman–Crippen MR) is 76.6 cm³/mol. The van der Waals surface area contributed by atoms with Crippen molar-refractivity contribution in [3.63, 3.8) is 0 Å². The van der Waals surface area contributed by atoms with Gasteiger partial charge in [0.1, 0.15) is 4.90 Å². The van der Waals surface area contributed by atoms with Gasteiger partial charge in [-0.05, 0) is 18.6 Å². The second-order valence-corrected chi connectivity index (χ2v) is 6.75. The first-order valence-corrected chi connectivity index (χ1v) is 8.10. The minimum absolute atomic E-state index is 0.161. The number of aryl methyl sites for hydroxylation is 1. The van der Waals surface area contributed by atoms with Gasteiger partial charge < -0.3 is 5.73 Å². The Morgan fingerprint density at radius 3 is 2.84 bits per heavy atom. The molecule has 1 aromatic heterocycles. The smallest absolute Gasteiger partial charge is 0.242 e. The molecule has 7 heteroatoms. The van der Waals surface area contributed by atoms with E-state index in [2.05, 4.69) is 9.71 Å². The molecule has 0 aliphatic rings. The van der Waals surface area contributed by atoms with Crippen LogP contribution in [0, 0.1) is 6.92 Å². The highest BCUT2D eigenvalue weighted by Crippen LogP contribution is 2.21. The number of nitrogens with zero attached hydrogens (tertiary/aromatic N) is 1. The van der Waals surface area contributed by atoms with Crippen molar-refractivity contribution >= 4 is 27.0 Å². The first-order valence-electron chi connectivity index (χ1n) is 5.74. The van der Waals surface area contributed by atoms with E-state index < -0.39 is 10.0 Å². The SMILES string of the molecule is Cc1cccc(N)c1S(=O)(=O)NCCc1nccs1. The molecule has 0 aliphatic heterocycles. The summed E-state index contributed by atoms with van der Waals surface area (Å²) in [6.07, 6.45) is 2.27. The molecule has 0 bridgehead atoms. The average Bonchev–Trinajstić information content (AvgIpc) is 2.81. The van der Waals surface area contributed by atoms with Gasteiger partial charge in [0.05, 0.1) is 10.7 Å². The van der Waals surface area contributed by atoms with E-state index in [1.54, 1.807) is 31.3 Å². The lowest BCUT2D eigenvalue weighted by molar-refractivity contribution is 0.581. The Morgan fingerprint density at radius 1 is 1.42 bits per heavy atom. The normalized spacial score (nSPS) is 11.6. The predicted octanol–water partition coefficient (Wildman–Crippen LogP) is 1.55. The van der Waals surface area contributed by atoms with Crippen LogP contribution in [0.2, 0.25) is 0 Å². The summed E-state index contributed by atoms with van der Waals surface area (Å²) in [4.78, 5) is 4.26. The van der Waals surface area contributed by atoms with Gasteiger partial charge in [-0.15, -0.1) is 11.3 Å². The molecule has 3 N–H and O–H groups in total. The molecule has 2 aromatic rings. The third-order valence-corrected chi connectivity index (χ3v) is 5.14. The van der Waals surface area contributed by atoms with Crippen LogP contribution < -0.4 is 10.5 Å². The lowest BCUT2D eigenvalue weighted by Gasteiger charge is -2.11. The molecule has 1 aromatic carbocycles. The van der Waals surface area contributed by atoms with E-state index in [0.29, 0.717) is 18.5 Å². The van der Waals surface area contributed by atoms with Gasteiger partial charge in [0.15, 0.2) is 0 Å². The number of rotatable bonds is 5. The van der Waals surface area contributed by atoms with Gasteiger partial charge in [0, 0.05) is 24.5 Å². The van der Waals surface area contributed by atoms with Gasteiger partial charge in [-0.25, -0.2) is 18.1 Å². The summed E-state index contributed by atoms with van der Waals surface area (Å²) in [7, 11) is -3.57. The summed E-state index contributed by atoms with van der Waals surface area (Å²) in [5.41, 5.74) is 6.65. The number of anilines is 1. The Morgan fingerprint density at radius 2 is 2.21 bits per heavy atom. The van der Waals surface area contributed by atoms with Crippen molar-refractivity contribution < 1.29 is 8.42 Å². The monoisotopic (exact) mass is 297 g/mol. The van der Waals surface area contributed by atoms with Crippen LogP contribution in [0.3, 0.4) is 0 Å². The minimum Gasteiger partial charge on any atom is -0.398 e. The fraction of sp³-hybridized carbons (Fsp3) is 0.250. The third kappa shape index (κ3) is 3.31. The lowest BCUT2D eigenvalue weighted by atomic mass is 10.2. The number of nitrogen functional groups attached to an aromatic ring is 1. The Balaban J connectivity index is 2.10. The second-order valence-electron chi connectivity index (χ2n) is 4.07. The van der Waals surface area contributed by atoms with Crippen LogP contribution in [0.1, 0.15) is 10.6 Å². The van der Waals surface area contributed by atoms with E-state index in [0.717, 1.165) is 5.01 Å². The third-order valence-electron chi connectivity index (χ3n) is 2.63. The van der Waals surface area contributed by atoms with Crippen molar-refractivity contribution in [2.45, 2.75) is 18.2 Å². The Kier molecular flexibility index (Phi) is 4.18. The zero-order chi connectivity index (χ0) is 13.9. The number of sulfonamides is 1. The van der Waals surface area contributed by atoms with Crippen molar-refractivity contribution in [2.75, 3.05) is 12.3 Å². The molecule has 0 spiro atoms. The second kappa shape index (κ2) is 5.68. The minimum atomic E-state index is -3.57. The topological polar surface area (TPSA) is 85.1 Å². The quantitative estimate of drug-likeness (QED) is 0.820. The average molecular weight is 297 g/mol. The molecule has 2 rings (SSSR count). The number of aromatic nitrogens is 1. The molecule has 0 saturated carbocycles. The van der Waals surface area contributed by atoms with Crippen molar-refractivity contribution in [3.05, 3.63) is 40.3 Å². The maximum atomic E-state index is 12.2. The Labute approximate surface area is 116 Å². The van der Waals surface area contributed by atoms with E-state index in [9.17, 15) is 8.42 Å². The van der Waals surface area contributed by atoms with Gasteiger partial charge in [-0.2, -0.15) is 0 Å². The summed E-state index contributed by atoms with van der Waals surface area (Å²) in [6.45, 7) is 2.04. The molecule has 0 amide bonds. The number of benzene rings is 1. The Bertz CT molecular complexity index is 631. The summed E-state index contributed by atoms with van der Waals surface area (Å²) >= 11 is 1.50. The van der Waals surface area contributed by atoms with Gasteiger partial charge in [0.25, 0.3) is 0 Å². The lowest BCUT2D eigenvalue weighted by Crippen LogP contribution is -2.27. The molecule has 0 unspecified atom stereocenters. The maximum Gasteiger partial charge on any atom is 0.242 e. The van der Waals surface area contributed by atoms with Crippen LogP contribution in [-0.2, 0) is 16.4 Å². The van der Waals surface area contributed by atoms with Crippen LogP contribution in [0.15, 0.2) is 34.7 Å². The zero-order valence-corrected chi connectivity index (χ0v) is 12.1. The largest absolute Gasteiger partial charge is 0.398 e. The molecular weight excluding hydrogens is 282 g/mol. The number of nitrogens with one attached hydrogen (secondary N) is 1. The summed E-state index contributed by atoms with van der Waals surface area (Å²) < 4.78 is 26.9. The maximum absolute atomic E-state index is 12.2. The zero-order valence-electron chi connectivity index (χ0n) is 10.5. The van der Waals surface area contributed by atoms with Crippen LogP contribution >= 0.6 is 11.3 Å². The molecule has 0 radical (unpaired) electrons. The molecule has 19 heavy (non-hydrogen) atoms. The van der Waals surface area contributed by atoms with Gasteiger partial charge >= 0.3 is 0 Å². The first kappa shape index (κ1) is 14.0.